The number of hydrogen-bond donors (Lipinski definition) is 0. The van der Waals surface area contributed by atoms with E-state index in [0.717, 1.165) is 0 Å². The molecule has 96 valence electrons. The van der Waals surface area contributed by atoms with Crippen LogP contribution in [0.4, 0.5) is 5.69 Å². The summed E-state index contributed by atoms with van der Waals surface area (Å²) in [4.78, 5) is 24.8. The third-order valence-electron chi connectivity index (χ3n) is 3.10. The number of β-lactam (4-membered cyclic amide) rings is 1. The number of anilines is 1. The zero-order valence-electron chi connectivity index (χ0n) is 10.2. The predicted molar refractivity (Wildman–Crippen MR) is 66.9 cm³/mol. The molecule has 2 heterocycles. The van der Waals surface area contributed by atoms with Crippen molar-refractivity contribution in [3.05, 3.63) is 48.4 Å². The molecule has 0 bridgehead atoms. The fourth-order valence-electron chi connectivity index (χ4n) is 2.12. The van der Waals surface area contributed by atoms with E-state index in [0.29, 0.717) is 17.2 Å². The average Bonchev–Trinajstić information content (AvgIpc) is 2.97. The van der Waals surface area contributed by atoms with Crippen LogP contribution in [0.15, 0.2) is 47.1 Å². The highest BCUT2D eigenvalue weighted by molar-refractivity contribution is 6.51. The largest absolute Gasteiger partial charge is 0.497 e. The predicted octanol–water partition coefficient (Wildman–Crippen LogP) is 1.95. The second-order valence-corrected chi connectivity index (χ2v) is 4.16. The first-order valence-electron chi connectivity index (χ1n) is 5.77. The highest BCUT2D eigenvalue weighted by Crippen LogP contribution is 2.36. The Kier molecular flexibility index (Phi) is 2.59. The van der Waals surface area contributed by atoms with Crippen LogP contribution in [0.25, 0.3) is 0 Å². The van der Waals surface area contributed by atoms with E-state index >= 15 is 0 Å². The van der Waals surface area contributed by atoms with Crippen molar-refractivity contribution in [1.82, 2.24) is 0 Å². The minimum Gasteiger partial charge on any atom is -0.497 e. The number of methoxy groups -OCH3 is 1. The molecule has 1 fully saturated rings. The molecule has 0 saturated carbocycles. The fraction of sp³-hybridized carbons (Fsp3) is 0.143. The molecule has 1 aliphatic rings. The van der Waals surface area contributed by atoms with Gasteiger partial charge in [-0.15, -0.1) is 0 Å². The highest BCUT2D eigenvalue weighted by atomic mass is 16.5. The topological polar surface area (TPSA) is 59.8 Å². The molecule has 0 radical (unpaired) electrons. The molecular weight excluding hydrogens is 246 g/mol. The Hall–Kier alpha value is -2.56. The molecule has 1 atom stereocenters. The van der Waals surface area contributed by atoms with Gasteiger partial charge in [0.05, 0.1) is 13.4 Å². The van der Waals surface area contributed by atoms with Crippen molar-refractivity contribution in [2.75, 3.05) is 12.0 Å². The number of Topliss-reactive ketones (excluding diaryl/α,β-unsaturated/α-hetero) is 1. The van der Waals surface area contributed by atoms with E-state index in [2.05, 4.69) is 0 Å². The summed E-state index contributed by atoms with van der Waals surface area (Å²) >= 11 is 0. The summed E-state index contributed by atoms with van der Waals surface area (Å²) in [6.07, 6.45) is 1.48. The average molecular weight is 257 g/mol. The molecule has 1 aliphatic heterocycles. The lowest BCUT2D eigenvalue weighted by Crippen LogP contribution is -2.55. The quantitative estimate of drug-likeness (QED) is 0.622. The van der Waals surface area contributed by atoms with E-state index < -0.39 is 17.7 Å². The third-order valence-corrected chi connectivity index (χ3v) is 3.10. The van der Waals surface area contributed by atoms with Gasteiger partial charge in [-0.25, -0.2) is 0 Å². The summed E-state index contributed by atoms with van der Waals surface area (Å²) in [5, 5.41) is 0. The lowest BCUT2D eigenvalue weighted by molar-refractivity contribution is -0.144. The van der Waals surface area contributed by atoms with Crippen LogP contribution in [0.2, 0.25) is 0 Å². The van der Waals surface area contributed by atoms with Crippen molar-refractivity contribution >= 4 is 17.4 Å². The Morgan fingerprint density at radius 3 is 2.47 bits per heavy atom. The number of nitrogens with zero attached hydrogens (tertiary/aromatic N) is 1. The molecule has 0 spiro atoms. The first-order chi connectivity index (χ1) is 9.22. The molecule has 1 aromatic heterocycles. The summed E-state index contributed by atoms with van der Waals surface area (Å²) in [5.74, 6) is 0.190. The van der Waals surface area contributed by atoms with E-state index in [1.54, 1.807) is 43.5 Å². The number of furan rings is 1. The van der Waals surface area contributed by atoms with Crippen molar-refractivity contribution in [3.8, 4) is 5.75 Å². The molecule has 1 aromatic carbocycles. The zero-order chi connectivity index (χ0) is 13.4. The summed E-state index contributed by atoms with van der Waals surface area (Å²) in [6, 6.07) is 9.67. The molecule has 19 heavy (non-hydrogen) atoms. The first-order valence-corrected chi connectivity index (χ1v) is 5.77. The highest BCUT2D eigenvalue weighted by Gasteiger charge is 2.49. The van der Waals surface area contributed by atoms with Crippen LogP contribution in [0.1, 0.15) is 11.8 Å². The van der Waals surface area contributed by atoms with Gasteiger partial charge >= 0.3 is 0 Å². The van der Waals surface area contributed by atoms with Crippen molar-refractivity contribution < 1.29 is 18.7 Å². The number of benzene rings is 1. The van der Waals surface area contributed by atoms with E-state index in [-0.39, 0.29) is 0 Å². The monoisotopic (exact) mass is 257 g/mol. The van der Waals surface area contributed by atoms with Crippen LogP contribution in [-0.4, -0.2) is 18.8 Å². The van der Waals surface area contributed by atoms with Crippen LogP contribution in [0, 0.1) is 0 Å². The third kappa shape index (κ3) is 1.71. The maximum absolute atomic E-state index is 11.7. The van der Waals surface area contributed by atoms with E-state index in [1.807, 2.05) is 0 Å². The molecule has 1 saturated heterocycles. The van der Waals surface area contributed by atoms with Gasteiger partial charge in [0.2, 0.25) is 0 Å². The standard InChI is InChI=1S/C14H11NO4/c1-18-10-6-4-9(5-7-10)15-12(13(16)14(15)17)11-3-2-8-19-11/h2-8,12H,1H3. The lowest BCUT2D eigenvalue weighted by atomic mass is 9.96. The van der Waals surface area contributed by atoms with Gasteiger partial charge in [0.15, 0.2) is 6.04 Å². The molecular formula is C14H11NO4. The number of rotatable bonds is 3. The number of ketones is 1. The minimum absolute atomic E-state index is 0.453. The Morgan fingerprint density at radius 1 is 1.16 bits per heavy atom. The molecule has 2 aromatic rings. The number of ether oxygens (including phenoxy) is 1. The molecule has 3 rings (SSSR count). The SMILES string of the molecule is COc1ccc(N2C(=O)C(=O)C2c2ccco2)cc1. The van der Waals surface area contributed by atoms with Crippen LogP contribution < -0.4 is 9.64 Å². The van der Waals surface area contributed by atoms with Gasteiger partial charge in [0.1, 0.15) is 11.5 Å². The second-order valence-electron chi connectivity index (χ2n) is 4.16. The Balaban J connectivity index is 1.94. The Labute approximate surface area is 109 Å². The van der Waals surface area contributed by atoms with Crippen LogP contribution >= 0.6 is 0 Å². The van der Waals surface area contributed by atoms with Gasteiger partial charge in [-0.3, -0.25) is 14.5 Å². The summed E-state index contributed by atoms with van der Waals surface area (Å²) in [7, 11) is 1.57. The first kappa shape index (κ1) is 11.5. The number of carbonyl (C=O) groups is 2. The fourth-order valence-corrected chi connectivity index (χ4v) is 2.12. The van der Waals surface area contributed by atoms with Crippen molar-refractivity contribution in [2.24, 2.45) is 0 Å². The molecule has 0 N–H and O–H groups in total. The van der Waals surface area contributed by atoms with Crippen molar-refractivity contribution in [2.45, 2.75) is 6.04 Å². The van der Waals surface area contributed by atoms with Gasteiger partial charge in [0.25, 0.3) is 11.7 Å². The van der Waals surface area contributed by atoms with Gasteiger partial charge in [-0.1, -0.05) is 0 Å². The van der Waals surface area contributed by atoms with Gasteiger partial charge in [-0.2, -0.15) is 0 Å². The maximum Gasteiger partial charge on any atom is 0.298 e. The van der Waals surface area contributed by atoms with Crippen LogP contribution in [0.5, 0.6) is 5.75 Å². The Morgan fingerprint density at radius 2 is 1.89 bits per heavy atom. The normalized spacial score (nSPS) is 18.4. The molecule has 5 heteroatoms. The van der Waals surface area contributed by atoms with E-state index in [4.69, 9.17) is 9.15 Å². The molecule has 1 unspecified atom stereocenters. The van der Waals surface area contributed by atoms with Gasteiger partial charge < -0.3 is 9.15 Å². The van der Waals surface area contributed by atoms with E-state index in [9.17, 15) is 9.59 Å². The second kappa shape index (κ2) is 4.28. The summed E-state index contributed by atoms with van der Waals surface area (Å²) in [5.41, 5.74) is 0.645. The molecule has 5 nitrogen and oxygen atoms in total. The number of hydrogen-bond acceptors (Lipinski definition) is 4. The number of amides is 1. The van der Waals surface area contributed by atoms with Crippen molar-refractivity contribution in [3.63, 3.8) is 0 Å². The lowest BCUT2D eigenvalue weighted by Gasteiger charge is -2.37. The van der Waals surface area contributed by atoms with Gasteiger partial charge in [-0.05, 0) is 36.4 Å². The number of carbonyl (C=O) groups excluding carboxylic acids is 2. The summed E-state index contributed by atoms with van der Waals surface area (Å²) in [6.45, 7) is 0. The van der Waals surface area contributed by atoms with Crippen LogP contribution in [0.3, 0.4) is 0 Å². The smallest absolute Gasteiger partial charge is 0.298 e. The Bertz CT molecular complexity index is 615. The maximum atomic E-state index is 11.7. The minimum atomic E-state index is -0.657. The zero-order valence-corrected chi connectivity index (χ0v) is 10.2. The summed E-state index contributed by atoms with van der Waals surface area (Å²) < 4.78 is 10.3. The van der Waals surface area contributed by atoms with Crippen molar-refractivity contribution in [1.29, 1.82) is 0 Å². The molecule has 1 amide bonds. The van der Waals surface area contributed by atoms with Crippen LogP contribution in [-0.2, 0) is 9.59 Å². The van der Waals surface area contributed by atoms with E-state index in [1.165, 1.54) is 11.2 Å². The van der Waals surface area contributed by atoms with Gasteiger partial charge in [0, 0.05) is 5.69 Å². The molecule has 0 aliphatic carbocycles.